The molecule has 0 bridgehead atoms. The van der Waals surface area contributed by atoms with Gasteiger partial charge in [0.15, 0.2) is 0 Å². The molecular formula is C23H23FN2O4S. The number of ether oxygens (including phenoxy) is 1. The van der Waals surface area contributed by atoms with Gasteiger partial charge in [-0.2, -0.15) is 4.31 Å². The maximum Gasteiger partial charge on any atom is 0.243 e. The molecule has 0 fully saturated rings. The lowest BCUT2D eigenvalue weighted by molar-refractivity contribution is -0.116. The number of nitrogens with zero attached hydrogens (tertiary/aromatic N) is 1. The van der Waals surface area contributed by atoms with E-state index in [-0.39, 0.29) is 11.4 Å². The number of carbonyl (C=O) groups is 1. The molecule has 0 aromatic heterocycles. The molecule has 0 saturated carbocycles. The van der Waals surface area contributed by atoms with E-state index in [4.69, 9.17) is 4.74 Å². The number of anilines is 1. The highest BCUT2D eigenvalue weighted by Crippen LogP contribution is 2.22. The third-order valence-electron chi connectivity index (χ3n) is 4.69. The van der Waals surface area contributed by atoms with Gasteiger partial charge in [-0.15, -0.1) is 0 Å². The minimum Gasteiger partial charge on any atom is -0.497 e. The van der Waals surface area contributed by atoms with E-state index in [0.29, 0.717) is 17.0 Å². The Bertz CT molecular complexity index is 1150. The molecule has 0 heterocycles. The second kappa shape index (κ2) is 9.72. The molecule has 1 N–H and O–H groups in total. The lowest BCUT2D eigenvalue weighted by atomic mass is 10.2. The Morgan fingerprint density at radius 2 is 1.71 bits per heavy atom. The van der Waals surface area contributed by atoms with Crippen molar-refractivity contribution >= 4 is 21.6 Å². The van der Waals surface area contributed by atoms with E-state index in [1.165, 1.54) is 31.4 Å². The van der Waals surface area contributed by atoms with Crippen molar-refractivity contribution in [2.75, 3.05) is 19.0 Å². The third-order valence-corrected chi connectivity index (χ3v) is 6.50. The molecule has 0 aliphatic heterocycles. The third kappa shape index (κ3) is 5.68. The number of halogens is 1. The first-order chi connectivity index (χ1) is 14.8. The molecule has 3 aromatic carbocycles. The fraction of sp³-hybridized carbons (Fsp3) is 0.174. The number of benzene rings is 3. The molecular weight excluding hydrogens is 419 g/mol. The van der Waals surface area contributed by atoms with Crippen LogP contribution in [0.25, 0.3) is 0 Å². The summed E-state index contributed by atoms with van der Waals surface area (Å²) in [7, 11) is -2.50. The van der Waals surface area contributed by atoms with Gasteiger partial charge >= 0.3 is 0 Å². The first kappa shape index (κ1) is 22.5. The van der Waals surface area contributed by atoms with E-state index >= 15 is 0 Å². The number of rotatable bonds is 8. The lowest BCUT2D eigenvalue weighted by Crippen LogP contribution is -2.37. The predicted molar refractivity (Wildman–Crippen MR) is 117 cm³/mol. The SMILES string of the molecule is COc1ccc(S(=O)(=O)N(CC(=O)Nc2cc(F)ccc2C)Cc2ccccc2)cc1. The van der Waals surface area contributed by atoms with Gasteiger partial charge in [0.25, 0.3) is 0 Å². The molecule has 0 atom stereocenters. The molecule has 8 heteroatoms. The number of methoxy groups -OCH3 is 1. The fourth-order valence-corrected chi connectivity index (χ4v) is 4.37. The maximum atomic E-state index is 13.6. The number of hydrogen-bond donors (Lipinski definition) is 1. The molecule has 0 aliphatic carbocycles. The van der Waals surface area contributed by atoms with E-state index in [1.807, 2.05) is 6.07 Å². The van der Waals surface area contributed by atoms with Gasteiger partial charge in [0.2, 0.25) is 15.9 Å². The second-order valence-corrected chi connectivity index (χ2v) is 8.88. The summed E-state index contributed by atoms with van der Waals surface area (Å²) in [6, 6.07) is 19.0. The van der Waals surface area contributed by atoms with Gasteiger partial charge in [-0.3, -0.25) is 4.79 Å². The maximum absolute atomic E-state index is 13.6. The van der Waals surface area contributed by atoms with E-state index < -0.39 is 28.3 Å². The zero-order chi connectivity index (χ0) is 22.4. The number of carbonyl (C=O) groups excluding carboxylic acids is 1. The Morgan fingerprint density at radius 1 is 1.03 bits per heavy atom. The molecule has 1 amide bonds. The molecule has 3 rings (SSSR count). The predicted octanol–water partition coefficient (Wildman–Crippen LogP) is 3.97. The van der Waals surface area contributed by atoms with Crippen LogP contribution in [-0.2, 0) is 21.4 Å². The molecule has 0 unspecified atom stereocenters. The quantitative estimate of drug-likeness (QED) is 0.573. The highest BCUT2D eigenvalue weighted by molar-refractivity contribution is 7.89. The number of sulfonamides is 1. The Morgan fingerprint density at radius 3 is 2.35 bits per heavy atom. The summed E-state index contributed by atoms with van der Waals surface area (Å²) in [5.41, 5.74) is 1.70. The van der Waals surface area contributed by atoms with Crippen LogP contribution in [0.15, 0.2) is 77.7 Å². The van der Waals surface area contributed by atoms with Gasteiger partial charge in [0.05, 0.1) is 18.6 Å². The van der Waals surface area contributed by atoms with Crippen LogP contribution < -0.4 is 10.1 Å². The zero-order valence-electron chi connectivity index (χ0n) is 17.2. The molecule has 3 aromatic rings. The van der Waals surface area contributed by atoms with Crippen LogP contribution in [0, 0.1) is 12.7 Å². The Hall–Kier alpha value is -3.23. The van der Waals surface area contributed by atoms with Crippen LogP contribution in [0.1, 0.15) is 11.1 Å². The van der Waals surface area contributed by atoms with Gasteiger partial charge < -0.3 is 10.1 Å². The smallest absolute Gasteiger partial charge is 0.243 e. The van der Waals surface area contributed by atoms with Crippen molar-refractivity contribution < 1.29 is 22.3 Å². The lowest BCUT2D eigenvalue weighted by Gasteiger charge is -2.22. The van der Waals surface area contributed by atoms with Gasteiger partial charge in [0.1, 0.15) is 11.6 Å². The number of amides is 1. The van der Waals surface area contributed by atoms with Crippen molar-refractivity contribution in [2.24, 2.45) is 0 Å². The molecule has 0 aliphatic rings. The van der Waals surface area contributed by atoms with Gasteiger partial charge in [-0.05, 0) is 54.4 Å². The Labute approximate surface area is 181 Å². The normalized spacial score (nSPS) is 11.4. The summed E-state index contributed by atoms with van der Waals surface area (Å²) < 4.78 is 46.3. The van der Waals surface area contributed by atoms with Crippen LogP contribution in [-0.4, -0.2) is 32.3 Å². The Kier molecular flexibility index (Phi) is 7.04. The van der Waals surface area contributed by atoms with Crippen LogP contribution >= 0.6 is 0 Å². The van der Waals surface area contributed by atoms with Crippen LogP contribution in [0.4, 0.5) is 10.1 Å². The van der Waals surface area contributed by atoms with Crippen molar-refractivity contribution in [3.63, 3.8) is 0 Å². The summed E-state index contributed by atoms with van der Waals surface area (Å²) in [5.74, 6) is -0.539. The number of aryl methyl sites for hydroxylation is 1. The van der Waals surface area contributed by atoms with Crippen molar-refractivity contribution in [2.45, 2.75) is 18.4 Å². The van der Waals surface area contributed by atoms with Gasteiger partial charge in [-0.1, -0.05) is 36.4 Å². The average Bonchev–Trinajstić information content (AvgIpc) is 2.76. The number of hydrogen-bond acceptors (Lipinski definition) is 4. The fourth-order valence-electron chi connectivity index (χ4n) is 2.99. The highest BCUT2D eigenvalue weighted by atomic mass is 32.2. The van der Waals surface area contributed by atoms with E-state index in [9.17, 15) is 17.6 Å². The minimum absolute atomic E-state index is 0.00472. The zero-order valence-corrected chi connectivity index (χ0v) is 18.0. The molecule has 31 heavy (non-hydrogen) atoms. The van der Waals surface area contributed by atoms with E-state index in [2.05, 4.69) is 5.32 Å². The van der Waals surface area contributed by atoms with Crippen LogP contribution in [0.3, 0.4) is 0 Å². The molecule has 0 spiro atoms. The largest absolute Gasteiger partial charge is 0.497 e. The molecule has 0 saturated heterocycles. The monoisotopic (exact) mass is 442 g/mol. The first-order valence-electron chi connectivity index (χ1n) is 9.54. The van der Waals surface area contributed by atoms with E-state index in [1.54, 1.807) is 49.4 Å². The highest BCUT2D eigenvalue weighted by Gasteiger charge is 2.27. The van der Waals surface area contributed by atoms with Gasteiger partial charge in [-0.25, -0.2) is 12.8 Å². The van der Waals surface area contributed by atoms with Crippen LogP contribution in [0.5, 0.6) is 5.75 Å². The van der Waals surface area contributed by atoms with Crippen molar-refractivity contribution in [3.8, 4) is 5.75 Å². The standard InChI is InChI=1S/C23H23FN2O4S/c1-17-8-9-19(24)14-22(17)25-23(27)16-26(15-18-6-4-3-5-7-18)31(28,29)21-12-10-20(30-2)11-13-21/h3-14H,15-16H2,1-2H3,(H,25,27). The summed E-state index contributed by atoms with van der Waals surface area (Å²) in [6.45, 7) is 1.30. The topological polar surface area (TPSA) is 75.7 Å². The minimum atomic E-state index is -3.99. The van der Waals surface area contributed by atoms with Crippen molar-refractivity contribution in [1.82, 2.24) is 4.31 Å². The molecule has 6 nitrogen and oxygen atoms in total. The summed E-state index contributed by atoms with van der Waals surface area (Å²) >= 11 is 0. The summed E-state index contributed by atoms with van der Waals surface area (Å²) in [4.78, 5) is 12.7. The summed E-state index contributed by atoms with van der Waals surface area (Å²) in [6.07, 6.45) is 0. The second-order valence-electron chi connectivity index (χ2n) is 6.94. The molecule has 162 valence electrons. The average molecular weight is 443 g/mol. The van der Waals surface area contributed by atoms with E-state index in [0.717, 1.165) is 9.87 Å². The number of nitrogens with one attached hydrogen (secondary N) is 1. The molecule has 0 radical (unpaired) electrons. The Balaban J connectivity index is 1.88. The van der Waals surface area contributed by atoms with Crippen molar-refractivity contribution in [3.05, 3.63) is 89.7 Å². The van der Waals surface area contributed by atoms with Crippen molar-refractivity contribution in [1.29, 1.82) is 0 Å². The van der Waals surface area contributed by atoms with Crippen LogP contribution in [0.2, 0.25) is 0 Å². The first-order valence-corrected chi connectivity index (χ1v) is 11.0. The van der Waals surface area contributed by atoms with Gasteiger partial charge in [0, 0.05) is 12.2 Å². The summed E-state index contributed by atoms with van der Waals surface area (Å²) in [5, 5.41) is 2.60.